The number of carboxylic acid groups (broad SMARTS) is 1. The summed E-state index contributed by atoms with van der Waals surface area (Å²) in [4.78, 5) is 13.0. The van der Waals surface area contributed by atoms with E-state index in [1.807, 2.05) is 0 Å². The topological polar surface area (TPSA) is 98.1 Å². The van der Waals surface area contributed by atoms with Crippen LogP contribution in [0.5, 0.6) is 0 Å². The lowest BCUT2D eigenvalue weighted by molar-refractivity contribution is -0.139. The van der Waals surface area contributed by atoms with Gasteiger partial charge in [-0.25, -0.2) is 0 Å². The average molecular weight is 156 g/mol. The van der Waals surface area contributed by atoms with Gasteiger partial charge in [-0.1, -0.05) is 5.11 Å². The molecule has 1 fully saturated rings. The average Bonchev–Trinajstić information content (AvgIpc) is 2.37. The van der Waals surface area contributed by atoms with Gasteiger partial charge in [0.15, 0.2) is 0 Å². The maximum absolute atomic E-state index is 10.4. The lowest BCUT2D eigenvalue weighted by Gasteiger charge is -2.00. The highest BCUT2D eigenvalue weighted by Crippen LogP contribution is 2.09. The van der Waals surface area contributed by atoms with Crippen LogP contribution in [-0.2, 0) is 4.79 Å². The molecule has 1 saturated heterocycles. The standard InChI is InChI=1S/C5H8N4O2/c6-9-8-3-1-4(5(10)11)7-2-3/h3-4,7H,1-2H2,(H,10,11)/t3-,4-/m1/s1. The SMILES string of the molecule is [N-]=[N+]=N[C@H]1CN[C@@H](C(=O)O)C1. The van der Waals surface area contributed by atoms with Crippen LogP contribution in [-0.4, -0.2) is 29.7 Å². The predicted molar refractivity (Wildman–Crippen MR) is 37.0 cm³/mol. The quantitative estimate of drug-likeness (QED) is 0.337. The molecule has 0 aromatic heterocycles. The zero-order valence-electron chi connectivity index (χ0n) is 5.77. The fraction of sp³-hybridized carbons (Fsp3) is 0.800. The van der Waals surface area contributed by atoms with Crippen LogP contribution in [0.3, 0.4) is 0 Å². The second-order valence-corrected chi connectivity index (χ2v) is 2.39. The summed E-state index contributed by atoms with van der Waals surface area (Å²) in [5, 5.41) is 14.6. The molecule has 1 aliphatic rings. The van der Waals surface area contributed by atoms with Crippen molar-refractivity contribution in [3.8, 4) is 0 Å². The van der Waals surface area contributed by atoms with Gasteiger partial charge in [-0.05, 0) is 12.0 Å². The largest absolute Gasteiger partial charge is 0.480 e. The van der Waals surface area contributed by atoms with Gasteiger partial charge in [-0.15, -0.1) is 0 Å². The summed E-state index contributed by atoms with van der Waals surface area (Å²) >= 11 is 0. The van der Waals surface area contributed by atoms with Crippen LogP contribution >= 0.6 is 0 Å². The fourth-order valence-electron chi connectivity index (χ4n) is 1.07. The minimum Gasteiger partial charge on any atom is -0.480 e. The Morgan fingerprint density at radius 1 is 1.82 bits per heavy atom. The van der Waals surface area contributed by atoms with E-state index in [9.17, 15) is 4.79 Å². The molecule has 0 aromatic rings. The van der Waals surface area contributed by atoms with Gasteiger partial charge in [0.1, 0.15) is 6.04 Å². The Labute approximate surface area is 62.8 Å². The number of azide groups is 1. The van der Waals surface area contributed by atoms with Gasteiger partial charge in [0.05, 0.1) is 6.04 Å². The molecule has 0 amide bonds. The lowest BCUT2D eigenvalue weighted by Crippen LogP contribution is -2.29. The van der Waals surface area contributed by atoms with Gasteiger partial charge >= 0.3 is 5.97 Å². The molecule has 11 heavy (non-hydrogen) atoms. The van der Waals surface area contributed by atoms with Crippen molar-refractivity contribution in [2.45, 2.75) is 18.5 Å². The molecule has 1 rings (SSSR count). The third-order valence-corrected chi connectivity index (χ3v) is 1.62. The van der Waals surface area contributed by atoms with Crippen LogP contribution in [0.1, 0.15) is 6.42 Å². The molecule has 1 aliphatic heterocycles. The first kappa shape index (κ1) is 7.84. The molecule has 0 bridgehead atoms. The van der Waals surface area contributed by atoms with Gasteiger partial charge < -0.3 is 10.4 Å². The predicted octanol–water partition coefficient (Wildman–Crippen LogP) is 0.112. The van der Waals surface area contributed by atoms with Crippen molar-refractivity contribution in [2.75, 3.05) is 6.54 Å². The summed E-state index contributed by atoms with van der Waals surface area (Å²) in [7, 11) is 0. The van der Waals surface area contributed by atoms with Crippen LogP contribution in [0.2, 0.25) is 0 Å². The van der Waals surface area contributed by atoms with E-state index in [-0.39, 0.29) is 6.04 Å². The van der Waals surface area contributed by atoms with E-state index in [0.29, 0.717) is 13.0 Å². The zero-order valence-corrected chi connectivity index (χ0v) is 5.77. The summed E-state index contributed by atoms with van der Waals surface area (Å²) in [6.07, 6.45) is 0.388. The molecule has 0 unspecified atom stereocenters. The number of rotatable bonds is 2. The fourth-order valence-corrected chi connectivity index (χ4v) is 1.07. The summed E-state index contributed by atoms with van der Waals surface area (Å²) in [5.41, 5.74) is 8.03. The van der Waals surface area contributed by atoms with Crippen LogP contribution in [0.25, 0.3) is 10.4 Å². The molecular formula is C5H8N4O2. The van der Waals surface area contributed by atoms with E-state index in [2.05, 4.69) is 15.3 Å². The second-order valence-electron chi connectivity index (χ2n) is 2.39. The van der Waals surface area contributed by atoms with E-state index in [4.69, 9.17) is 10.6 Å². The first-order chi connectivity index (χ1) is 5.24. The Morgan fingerprint density at radius 3 is 3.00 bits per heavy atom. The smallest absolute Gasteiger partial charge is 0.320 e. The van der Waals surface area contributed by atoms with Gasteiger partial charge in [0.25, 0.3) is 0 Å². The number of hydrogen-bond acceptors (Lipinski definition) is 3. The van der Waals surface area contributed by atoms with Crippen LogP contribution in [0.4, 0.5) is 0 Å². The first-order valence-corrected chi connectivity index (χ1v) is 3.24. The van der Waals surface area contributed by atoms with Crippen molar-refractivity contribution >= 4 is 5.97 Å². The number of nitrogens with zero attached hydrogens (tertiary/aromatic N) is 3. The highest BCUT2D eigenvalue weighted by molar-refractivity contribution is 5.73. The van der Waals surface area contributed by atoms with Crippen LogP contribution in [0.15, 0.2) is 5.11 Å². The maximum Gasteiger partial charge on any atom is 0.320 e. The Morgan fingerprint density at radius 2 is 2.55 bits per heavy atom. The van der Waals surface area contributed by atoms with E-state index in [0.717, 1.165) is 0 Å². The Bertz CT molecular complexity index is 203. The third-order valence-electron chi connectivity index (χ3n) is 1.62. The van der Waals surface area contributed by atoms with Gasteiger partial charge in [0, 0.05) is 11.5 Å². The molecule has 6 nitrogen and oxygen atoms in total. The van der Waals surface area contributed by atoms with Crippen LogP contribution in [0, 0.1) is 0 Å². The monoisotopic (exact) mass is 156 g/mol. The highest BCUT2D eigenvalue weighted by Gasteiger charge is 2.27. The molecule has 60 valence electrons. The van der Waals surface area contributed by atoms with Crippen molar-refractivity contribution in [3.05, 3.63) is 10.4 Å². The van der Waals surface area contributed by atoms with Crippen molar-refractivity contribution in [3.63, 3.8) is 0 Å². The van der Waals surface area contributed by atoms with Crippen molar-refractivity contribution in [2.24, 2.45) is 5.11 Å². The van der Waals surface area contributed by atoms with Crippen LogP contribution < -0.4 is 5.32 Å². The molecule has 6 heteroatoms. The maximum atomic E-state index is 10.4. The molecule has 2 atom stereocenters. The van der Waals surface area contributed by atoms with E-state index in [1.165, 1.54) is 0 Å². The van der Waals surface area contributed by atoms with Crippen molar-refractivity contribution < 1.29 is 9.90 Å². The molecule has 0 spiro atoms. The minimum atomic E-state index is -0.888. The van der Waals surface area contributed by atoms with Gasteiger partial charge in [-0.3, -0.25) is 4.79 Å². The van der Waals surface area contributed by atoms with Crippen molar-refractivity contribution in [1.29, 1.82) is 0 Å². The lowest BCUT2D eigenvalue weighted by atomic mass is 10.2. The molecular weight excluding hydrogens is 148 g/mol. The first-order valence-electron chi connectivity index (χ1n) is 3.24. The summed E-state index contributed by atoms with van der Waals surface area (Å²) in [6, 6.07) is -0.758. The summed E-state index contributed by atoms with van der Waals surface area (Å²) in [5.74, 6) is -0.888. The molecule has 0 aromatic carbocycles. The van der Waals surface area contributed by atoms with E-state index in [1.54, 1.807) is 0 Å². The molecule has 2 N–H and O–H groups in total. The Balaban J connectivity index is 2.46. The zero-order chi connectivity index (χ0) is 8.27. The number of carboxylic acids is 1. The molecule has 0 radical (unpaired) electrons. The third kappa shape index (κ3) is 1.83. The van der Waals surface area contributed by atoms with E-state index >= 15 is 0 Å². The summed E-state index contributed by atoms with van der Waals surface area (Å²) in [6.45, 7) is 0.459. The molecule has 0 saturated carbocycles. The minimum absolute atomic E-state index is 0.207. The second kappa shape index (κ2) is 3.23. The Hall–Kier alpha value is -1.26. The number of nitrogens with one attached hydrogen (secondary N) is 1. The highest BCUT2D eigenvalue weighted by atomic mass is 16.4. The van der Waals surface area contributed by atoms with Gasteiger partial charge in [0.2, 0.25) is 0 Å². The number of hydrogen-bond donors (Lipinski definition) is 2. The number of carbonyl (C=O) groups is 1. The normalized spacial score (nSPS) is 29.5. The summed E-state index contributed by atoms with van der Waals surface area (Å²) < 4.78 is 0. The van der Waals surface area contributed by atoms with Crippen molar-refractivity contribution in [1.82, 2.24) is 5.32 Å². The number of aliphatic carboxylic acids is 1. The molecule has 1 heterocycles. The molecule has 0 aliphatic carbocycles. The van der Waals surface area contributed by atoms with Gasteiger partial charge in [-0.2, -0.15) is 0 Å². The Kier molecular flexibility index (Phi) is 2.30. The van der Waals surface area contributed by atoms with E-state index < -0.39 is 12.0 Å².